The van der Waals surface area contributed by atoms with Gasteiger partial charge in [-0.15, -0.1) is 0 Å². The minimum atomic E-state index is -0.642. The Kier molecular flexibility index (Phi) is 5.50. The Balaban J connectivity index is 2.12. The Morgan fingerprint density at radius 2 is 1.83 bits per heavy atom. The second kappa shape index (κ2) is 7.38. The minimum Gasteiger partial charge on any atom is -0.495 e. The van der Waals surface area contributed by atoms with Gasteiger partial charge in [0.25, 0.3) is 5.91 Å². The molecule has 0 bridgehead atoms. The van der Waals surface area contributed by atoms with Gasteiger partial charge in [0.15, 0.2) is 6.10 Å². The van der Waals surface area contributed by atoms with E-state index in [-0.39, 0.29) is 5.91 Å². The smallest absolute Gasteiger partial charge is 0.265 e. The number of ether oxygens (including phenoxy) is 2. The van der Waals surface area contributed by atoms with Crippen LogP contribution in [0.3, 0.4) is 0 Å². The van der Waals surface area contributed by atoms with Crippen LogP contribution in [0.5, 0.6) is 11.5 Å². The lowest BCUT2D eigenvalue weighted by molar-refractivity contribution is -0.122. The van der Waals surface area contributed by atoms with Crippen molar-refractivity contribution >= 4 is 23.2 Å². The zero-order chi connectivity index (χ0) is 17.0. The number of methoxy groups -OCH3 is 1. The van der Waals surface area contributed by atoms with Crippen molar-refractivity contribution in [2.75, 3.05) is 12.4 Å². The third-order valence-electron chi connectivity index (χ3n) is 3.51. The fraction of sp³-hybridized carbons (Fsp3) is 0.278. The first-order chi connectivity index (χ1) is 10.9. The van der Waals surface area contributed by atoms with Crippen molar-refractivity contribution < 1.29 is 14.3 Å². The summed E-state index contributed by atoms with van der Waals surface area (Å²) in [6, 6.07) is 11.0. The zero-order valence-corrected chi connectivity index (χ0v) is 14.4. The standard InChI is InChI=1S/C18H20ClNO3/c1-11-7-5-6-8-16(11)23-13(3)18(21)20-15-9-12(2)14(19)10-17(15)22-4/h5-10,13H,1-4H3,(H,20,21)/t13-/m0/s1. The average Bonchev–Trinajstić information content (AvgIpc) is 2.52. The number of anilines is 1. The van der Waals surface area contributed by atoms with E-state index in [0.717, 1.165) is 11.1 Å². The second-order valence-electron chi connectivity index (χ2n) is 5.32. The van der Waals surface area contributed by atoms with Gasteiger partial charge in [-0.3, -0.25) is 4.79 Å². The number of carbonyl (C=O) groups excluding carboxylic acids is 1. The van der Waals surface area contributed by atoms with Crippen LogP contribution in [-0.2, 0) is 4.79 Å². The van der Waals surface area contributed by atoms with Crippen molar-refractivity contribution in [2.45, 2.75) is 26.9 Å². The van der Waals surface area contributed by atoms with Gasteiger partial charge in [-0.1, -0.05) is 29.8 Å². The molecule has 0 aromatic heterocycles. The summed E-state index contributed by atoms with van der Waals surface area (Å²) < 4.78 is 11.0. The largest absolute Gasteiger partial charge is 0.495 e. The molecule has 0 heterocycles. The Morgan fingerprint density at radius 3 is 2.48 bits per heavy atom. The molecule has 1 amide bonds. The lowest BCUT2D eigenvalue weighted by atomic mass is 10.2. The first-order valence-corrected chi connectivity index (χ1v) is 7.67. The van der Waals surface area contributed by atoms with Gasteiger partial charge in [0.2, 0.25) is 0 Å². The molecule has 0 saturated heterocycles. The van der Waals surface area contributed by atoms with Crippen molar-refractivity contribution in [3.05, 3.63) is 52.5 Å². The van der Waals surface area contributed by atoms with Crippen molar-refractivity contribution in [1.82, 2.24) is 0 Å². The molecule has 1 N–H and O–H groups in total. The van der Waals surface area contributed by atoms with Gasteiger partial charge in [0.05, 0.1) is 12.8 Å². The molecule has 0 radical (unpaired) electrons. The molecule has 0 saturated carbocycles. The molecular weight excluding hydrogens is 314 g/mol. The molecule has 2 aromatic carbocycles. The third kappa shape index (κ3) is 4.17. The summed E-state index contributed by atoms with van der Waals surface area (Å²) in [7, 11) is 1.53. The lowest BCUT2D eigenvalue weighted by Crippen LogP contribution is -2.30. The zero-order valence-electron chi connectivity index (χ0n) is 13.6. The number of rotatable bonds is 5. The molecule has 2 aromatic rings. The number of carbonyl (C=O) groups is 1. The Bertz CT molecular complexity index is 715. The van der Waals surface area contributed by atoms with E-state index >= 15 is 0 Å². The summed E-state index contributed by atoms with van der Waals surface area (Å²) in [5.74, 6) is 0.944. The first-order valence-electron chi connectivity index (χ1n) is 7.29. The molecule has 0 aliphatic carbocycles. The van der Waals surface area contributed by atoms with Gasteiger partial charge < -0.3 is 14.8 Å². The van der Waals surface area contributed by atoms with Crippen molar-refractivity contribution in [1.29, 1.82) is 0 Å². The van der Waals surface area contributed by atoms with Crippen LogP contribution in [0.1, 0.15) is 18.1 Å². The van der Waals surface area contributed by atoms with Crippen molar-refractivity contribution in [2.24, 2.45) is 0 Å². The van der Waals surface area contributed by atoms with E-state index in [9.17, 15) is 4.79 Å². The summed E-state index contributed by atoms with van der Waals surface area (Å²) in [6.07, 6.45) is -0.642. The maximum Gasteiger partial charge on any atom is 0.265 e. The summed E-state index contributed by atoms with van der Waals surface area (Å²) in [6.45, 7) is 5.51. The van der Waals surface area contributed by atoms with E-state index in [1.54, 1.807) is 19.1 Å². The van der Waals surface area contributed by atoms with Crippen LogP contribution in [0.25, 0.3) is 0 Å². The van der Waals surface area contributed by atoms with Gasteiger partial charge in [0.1, 0.15) is 11.5 Å². The molecule has 122 valence electrons. The predicted molar refractivity (Wildman–Crippen MR) is 92.6 cm³/mol. The number of aryl methyl sites for hydroxylation is 2. The van der Waals surface area contributed by atoms with Gasteiger partial charge in [0, 0.05) is 11.1 Å². The van der Waals surface area contributed by atoms with Crippen molar-refractivity contribution in [3.63, 3.8) is 0 Å². The quantitative estimate of drug-likeness (QED) is 0.883. The maximum atomic E-state index is 12.4. The molecule has 2 rings (SSSR count). The van der Waals surface area contributed by atoms with E-state index in [4.69, 9.17) is 21.1 Å². The molecule has 5 heteroatoms. The molecule has 1 atom stereocenters. The van der Waals surface area contributed by atoms with Crippen LogP contribution >= 0.6 is 11.6 Å². The Labute approximate surface area is 141 Å². The van der Waals surface area contributed by atoms with Crippen LogP contribution in [0.4, 0.5) is 5.69 Å². The van der Waals surface area contributed by atoms with Crippen LogP contribution in [0.2, 0.25) is 5.02 Å². The van der Waals surface area contributed by atoms with Gasteiger partial charge >= 0.3 is 0 Å². The predicted octanol–water partition coefficient (Wildman–Crippen LogP) is 4.37. The highest BCUT2D eigenvalue weighted by molar-refractivity contribution is 6.31. The SMILES string of the molecule is COc1cc(Cl)c(C)cc1NC(=O)[C@H](C)Oc1ccccc1C. The van der Waals surface area contributed by atoms with Crippen LogP contribution in [0, 0.1) is 13.8 Å². The monoisotopic (exact) mass is 333 g/mol. The third-order valence-corrected chi connectivity index (χ3v) is 3.91. The van der Waals surface area contributed by atoms with Crippen molar-refractivity contribution in [3.8, 4) is 11.5 Å². The van der Waals surface area contributed by atoms with Gasteiger partial charge in [-0.2, -0.15) is 0 Å². The van der Waals surface area contributed by atoms with Crippen LogP contribution in [-0.4, -0.2) is 19.1 Å². The summed E-state index contributed by atoms with van der Waals surface area (Å²) in [5.41, 5.74) is 2.40. The molecule has 0 fully saturated rings. The van der Waals surface area contributed by atoms with E-state index in [2.05, 4.69) is 5.32 Å². The molecule has 0 unspecified atom stereocenters. The normalized spacial score (nSPS) is 11.7. The molecule has 4 nitrogen and oxygen atoms in total. The Hall–Kier alpha value is -2.20. The van der Waals surface area contributed by atoms with Crippen LogP contribution in [0.15, 0.2) is 36.4 Å². The van der Waals surface area contributed by atoms with Gasteiger partial charge in [-0.05, 0) is 44.0 Å². The number of nitrogens with one attached hydrogen (secondary N) is 1. The fourth-order valence-electron chi connectivity index (χ4n) is 2.10. The highest BCUT2D eigenvalue weighted by atomic mass is 35.5. The number of amides is 1. The highest BCUT2D eigenvalue weighted by Gasteiger charge is 2.18. The first kappa shape index (κ1) is 17.2. The molecule has 0 aliphatic heterocycles. The van der Waals surface area contributed by atoms with E-state index in [0.29, 0.717) is 22.2 Å². The summed E-state index contributed by atoms with van der Waals surface area (Å²) in [5, 5.41) is 3.41. The molecule has 0 aliphatic rings. The number of hydrogen-bond donors (Lipinski definition) is 1. The van der Waals surface area contributed by atoms with E-state index < -0.39 is 6.10 Å². The summed E-state index contributed by atoms with van der Waals surface area (Å²) in [4.78, 5) is 12.4. The molecule has 0 spiro atoms. The molecular formula is C18H20ClNO3. The molecule has 23 heavy (non-hydrogen) atoms. The number of halogens is 1. The highest BCUT2D eigenvalue weighted by Crippen LogP contribution is 2.31. The fourth-order valence-corrected chi connectivity index (χ4v) is 2.25. The van der Waals surface area contributed by atoms with Crippen LogP contribution < -0.4 is 14.8 Å². The summed E-state index contributed by atoms with van der Waals surface area (Å²) >= 11 is 6.07. The number of para-hydroxylation sites is 1. The second-order valence-corrected chi connectivity index (χ2v) is 5.72. The average molecular weight is 334 g/mol. The topological polar surface area (TPSA) is 47.6 Å². The maximum absolute atomic E-state index is 12.4. The van der Waals surface area contributed by atoms with E-state index in [1.807, 2.05) is 38.1 Å². The Morgan fingerprint density at radius 1 is 1.13 bits per heavy atom. The van der Waals surface area contributed by atoms with E-state index in [1.165, 1.54) is 7.11 Å². The minimum absolute atomic E-state index is 0.256. The number of hydrogen-bond acceptors (Lipinski definition) is 3. The number of benzene rings is 2. The lowest BCUT2D eigenvalue weighted by Gasteiger charge is -2.18. The van der Waals surface area contributed by atoms with Gasteiger partial charge in [-0.25, -0.2) is 0 Å².